The van der Waals surface area contributed by atoms with Gasteiger partial charge in [0, 0.05) is 10.6 Å². The van der Waals surface area contributed by atoms with Gasteiger partial charge in [0.2, 0.25) is 0 Å². The summed E-state index contributed by atoms with van der Waals surface area (Å²) in [6.45, 7) is -1.25. The Morgan fingerprint density at radius 3 is 2.05 bits per heavy atom. The van der Waals surface area contributed by atoms with E-state index in [1.165, 1.54) is 0 Å². The summed E-state index contributed by atoms with van der Waals surface area (Å²) in [7, 11) is 0. The number of rotatable bonds is 3. The topological polar surface area (TPSA) is 46.5 Å². The fraction of sp³-hybridized carbons (Fsp3) is 0.364. The molecule has 0 unspecified atom stereocenters. The minimum absolute atomic E-state index is 0.0883. The van der Waals surface area contributed by atoms with Gasteiger partial charge in [-0.25, -0.2) is 9.18 Å². The van der Waals surface area contributed by atoms with Crippen LogP contribution in [0.3, 0.4) is 0 Å². The van der Waals surface area contributed by atoms with E-state index in [9.17, 15) is 35.5 Å². The minimum Gasteiger partial charge on any atom is -0.458 e. The molecule has 124 valence electrons. The van der Waals surface area contributed by atoms with E-state index in [0.717, 1.165) is 12.1 Å². The number of alkyl halides is 6. The first-order valence-electron chi connectivity index (χ1n) is 5.27. The molecule has 1 aromatic rings. The summed E-state index contributed by atoms with van der Waals surface area (Å²) in [6, 6.07) is 2.68. The Hall–Kier alpha value is -1.55. The van der Waals surface area contributed by atoms with Crippen LogP contribution < -0.4 is 0 Å². The van der Waals surface area contributed by atoms with Crippen LogP contribution in [0.15, 0.2) is 18.2 Å². The zero-order chi connectivity index (χ0) is 17.3. The highest BCUT2D eigenvalue weighted by Crippen LogP contribution is 2.43. The molecule has 22 heavy (non-hydrogen) atoms. The van der Waals surface area contributed by atoms with E-state index in [2.05, 4.69) is 4.74 Å². The van der Waals surface area contributed by atoms with E-state index in [-0.39, 0.29) is 5.02 Å². The lowest BCUT2D eigenvalue weighted by molar-refractivity contribution is -0.357. The third kappa shape index (κ3) is 3.43. The highest BCUT2D eigenvalue weighted by molar-refractivity contribution is 6.30. The number of halogens is 8. The van der Waals surface area contributed by atoms with Crippen LogP contribution in [0.1, 0.15) is 5.56 Å². The molecule has 0 amide bonds. The molecule has 1 N–H and O–H groups in total. The molecule has 0 aromatic heterocycles. The Labute approximate surface area is 123 Å². The molecule has 0 aliphatic heterocycles. The molecule has 0 atom stereocenters. The Bertz CT molecular complexity index is 554. The number of hydrogen-bond acceptors (Lipinski definition) is 3. The molecule has 0 heterocycles. The van der Waals surface area contributed by atoms with Crippen LogP contribution in [0.5, 0.6) is 0 Å². The number of carbonyl (C=O) groups excluding carboxylic acids is 1. The lowest BCUT2D eigenvalue weighted by Gasteiger charge is -2.29. The Balaban J connectivity index is 2.99. The first-order valence-corrected chi connectivity index (χ1v) is 5.65. The van der Waals surface area contributed by atoms with E-state index < -0.39 is 41.9 Å². The summed E-state index contributed by atoms with van der Waals surface area (Å²) in [4.78, 5) is 11.0. The SMILES string of the molecule is O=C(OCc1ccc(Cl)cc1F)C(O)(C(F)(F)F)C(F)(F)F. The van der Waals surface area contributed by atoms with Gasteiger partial charge < -0.3 is 9.84 Å². The Morgan fingerprint density at radius 1 is 1.14 bits per heavy atom. The van der Waals surface area contributed by atoms with E-state index in [1.54, 1.807) is 0 Å². The number of esters is 1. The first kappa shape index (κ1) is 18.5. The number of benzene rings is 1. The molecule has 0 radical (unpaired) electrons. The van der Waals surface area contributed by atoms with Crippen molar-refractivity contribution >= 4 is 17.6 Å². The molecule has 0 aliphatic rings. The average molecular weight is 355 g/mol. The molecule has 11 heteroatoms. The van der Waals surface area contributed by atoms with Crippen molar-refractivity contribution in [2.45, 2.75) is 24.6 Å². The van der Waals surface area contributed by atoms with Crippen molar-refractivity contribution in [3.8, 4) is 0 Å². The monoisotopic (exact) mass is 354 g/mol. The van der Waals surface area contributed by atoms with Gasteiger partial charge in [0.05, 0.1) is 0 Å². The van der Waals surface area contributed by atoms with Crippen molar-refractivity contribution in [2.75, 3.05) is 0 Å². The fourth-order valence-electron chi connectivity index (χ4n) is 1.28. The second kappa shape index (κ2) is 5.92. The second-order valence-corrected chi connectivity index (χ2v) is 4.45. The van der Waals surface area contributed by atoms with Crippen molar-refractivity contribution in [1.29, 1.82) is 0 Å². The van der Waals surface area contributed by atoms with Crippen molar-refractivity contribution in [1.82, 2.24) is 0 Å². The standard InChI is InChI=1S/C11H6ClF7O3/c12-6-2-1-5(7(13)3-6)4-22-8(20)9(21,10(14,15)16)11(17,18)19/h1-3,21H,4H2. The molecule has 0 fully saturated rings. The van der Waals surface area contributed by atoms with Crippen LogP contribution in [0.25, 0.3) is 0 Å². The van der Waals surface area contributed by atoms with Gasteiger partial charge in [-0.05, 0) is 12.1 Å². The smallest absolute Gasteiger partial charge is 0.437 e. The van der Waals surface area contributed by atoms with E-state index in [1.807, 2.05) is 0 Å². The van der Waals surface area contributed by atoms with Crippen molar-refractivity contribution in [2.24, 2.45) is 0 Å². The van der Waals surface area contributed by atoms with Crippen LogP contribution in [-0.4, -0.2) is 29.0 Å². The van der Waals surface area contributed by atoms with Crippen LogP contribution >= 0.6 is 11.6 Å². The van der Waals surface area contributed by atoms with E-state index >= 15 is 0 Å². The summed E-state index contributed by atoms with van der Waals surface area (Å²) in [5, 5.41) is 8.62. The molecule has 3 nitrogen and oxygen atoms in total. The van der Waals surface area contributed by atoms with E-state index in [0.29, 0.717) is 6.07 Å². The maximum atomic E-state index is 13.3. The number of hydrogen-bond donors (Lipinski definition) is 1. The average Bonchev–Trinajstić information content (AvgIpc) is 2.33. The second-order valence-electron chi connectivity index (χ2n) is 4.02. The third-order valence-corrected chi connectivity index (χ3v) is 2.72. The molecule has 1 aromatic carbocycles. The minimum atomic E-state index is -6.36. The van der Waals surface area contributed by atoms with Crippen LogP contribution in [0.2, 0.25) is 5.02 Å². The fourth-order valence-corrected chi connectivity index (χ4v) is 1.44. The summed E-state index contributed by atoms with van der Waals surface area (Å²) in [5.41, 5.74) is -6.23. The lowest BCUT2D eigenvalue weighted by Crippen LogP contribution is -2.62. The molecule has 0 spiro atoms. The maximum Gasteiger partial charge on any atom is 0.437 e. The van der Waals surface area contributed by atoms with Gasteiger partial charge in [-0.2, -0.15) is 26.3 Å². The zero-order valence-corrected chi connectivity index (χ0v) is 11.0. The first-order chi connectivity index (χ1) is 9.80. The predicted octanol–water partition coefficient (Wildman–Crippen LogP) is 3.38. The summed E-state index contributed by atoms with van der Waals surface area (Å²) < 4.78 is 91.1. The van der Waals surface area contributed by atoms with Gasteiger partial charge in [0.15, 0.2) is 0 Å². The van der Waals surface area contributed by atoms with Gasteiger partial charge in [-0.3, -0.25) is 0 Å². The number of aliphatic hydroxyl groups is 1. The molecule has 0 aliphatic carbocycles. The van der Waals surface area contributed by atoms with Gasteiger partial charge in [-0.15, -0.1) is 0 Å². The molecular weight excluding hydrogens is 349 g/mol. The summed E-state index contributed by atoms with van der Waals surface area (Å²) in [5.74, 6) is -4.12. The summed E-state index contributed by atoms with van der Waals surface area (Å²) in [6.07, 6.45) is -12.7. The Kier molecular flexibility index (Phi) is 4.98. The largest absolute Gasteiger partial charge is 0.458 e. The van der Waals surface area contributed by atoms with Crippen LogP contribution in [0, 0.1) is 5.82 Å². The van der Waals surface area contributed by atoms with Gasteiger partial charge in [-0.1, -0.05) is 17.7 Å². The maximum absolute atomic E-state index is 13.3. The summed E-state index contributed by atoms with van der Waals surface area (Å²) >= 11 is 5.39. The van der Waals surface area contributed by atoms with E-state index in [4.69, 9.17) is 16.7 Å². The van der Waals surface area contributed by atoms with Gasteiger partial charge in [0.25, 0.3) is 0 Å². The van der Waals surface area contributed by atoms with Crippen molar-refractivity contribution in [3.63, 3.8) is 0 Å². The molecular formula is C11H6ClF7O3. The quantitative estimate of drug-likeness (QED) is 0.668. The normalized spacial score (nSPS) is 13.1. The van der Waals surface area contributed by atoms with Crippen molar-refractivity contribution < 1.29 is 45.4 Å². The zero-order valence-electron chi connectivity index (χ0n) is 10.2. The lowest BCUT2D eigenvalue weighted by atomic mass is 10.0. The van der Waals surface area contributed by atoms with Crippen molar-refractivity contribution in [3.05, 3.63) is 34.6 Å². The van der Waals surface area contributed by atoms with Gasteiger partial charge in [0.1, 0.15) is 12.4 Å². The molecule has 0 saturated heterocycles. The molecule has 1 rings (SSSR count). The number of ether oxygens (including phenoxy) is 1. The van der Waals surface area contributed by atoms with Crippen LogP contribution in [-0.2, 0) is 16.1 Å². The highest BCUT2D eigenvalue weighted by Gasteiger charge is 2.76. The van der Waals surface area contributed by atoms with Gasteiger partial charge >= 0.3 is 23.9 Å². The molecule has 0 bridgehead atoms. The number of carbonyl (C=O) groups is 1. The predicted molar refractivity (Wildman–Crippen MR) is 58.3 cm³/mol. The highest BCUT2D eigenvalue weighted by atomic mass is 35.5. The Morgan fingerprint density at radius 2 is 1.64 bits per heavy atom. The molecule has 0 saturated carbocycles. The van der Waals surface area contributed by atoms with Crippen LogP contribution in [0.4, 0.5) is 30.7 Å². The third-order valence-electron chi connectivity index (χ3n) is 2.49.